The summed E-state index contributed by atoms with van der Waals surface area (Å²) in [5.41, 5.74) is 2.69. The standard InChI is InChI=1S/C20H23NO6/c1-12-7-15(8-13(2)19(12)27-11-18(22)23)20(24)21-10-14-5-6-16(25-3)9-17(14)26-4/h5-9H,10-11H2,1-4H3,(H,21,24)(H,22,23). The summed E-state index contributed by atoms with van der Waals surface area (Å²) < 4.78 is 15.8. The van der Waals surface area contributed by atoms with Crippen LogP contribution in [0.1, 0.15) is 27.0 Å². The van der Waals surface area contributed by atoms with Crippen LogP contribution in [0.5, 0.6) is 17.2 Å². The molecule has 0 saturated carbocycles. The Morgan fingerprint density at radius 1 is 1.04 bits per heavy atom. The van der Waals surface area contributed by atoms with Crippen molar-refractivity contribution >= 4 is 11.9 Å². The highest BCUT2D eigenvalue weighted by atomic mass is 16.5. The average molecular weight is 373 g/mol. The number of carboxylic acids is 1. The van der Waals surface area contributed by atoms with Crippen LogP contribution in [0.2, 0.25) is 0 Å². The van der Waals surface area contributed by atoms with Crippen molar-refractivity contribution in [2.45, 2.75) is 20.4 Å². The Labute approximate surface area is 157 Å². The van der Waals surface area contributed by atoms with Gasteiger partial charge in [0.2, 0.25) is 0 Å². The van der Waals surface area contributed by atoms with Gasteiger partial charge >= 0.3 is 5.97 Å². The summed E-state index contributed by atoms with van der Waals surface area (Å²) in [6.07, 6.45) is 0. The molecule has 27 heavy (non-hydrogen) atoms. The number of methoxy groups -OCH3 is 2. The number of benzene rings is 2. The van der Waals surface area contributed by atoms with E-state index in [0.29, 0.717) is 40.5 Å². The number of hydrogen-bond acceptors (Lipinski definition) is 5. The van der Waals surface area contributed by atoms with Gasteiger partial charge in [-0.15, -0.1) is 0 Å². The minimum atomic E-state index is -1.05. The molecular weight excluding hydrogens is 350 g/mol. The van der Waals surface area contributed by atoms with E-state index in [0.717, 1.165) is 5.56 Å². The summed E-state index contributed by atoms with van der Waals surface area (Å²) in [4.78, 5) is 23.2. The van der Waals surface area contributed by atoms with Crippen molar-refractivity contribution in [3.63, 3.8) is 0 Å². The number of amides is 1. The number of aryl methyl sites for hydroxylation is 2. The first kappa shape index (κ1) is 20.1. The zero-order chi connectivity index (χ0) is 20.0. The molecule has 0 aliphatic rings. The van der Waals surface area contributed by atoms with Gasteiger partial charge in [0.15, 0.2) is 6.61 Å². The lowest BCUT2D eigenvalue weighted by molar-refractivity contribution is -0.139. The van der Waals surface area contributed by atoms with Crippen molar-refractivity contribution in [2.75, 3.05) is 20.8 Å². The molecule has 0 unspecified atom stereocenters. The Balaban J connectivity index is 2.11. The molecule has 2 rings (SSSR count). The number of ether oxygens (including phenoxy) is 3. The second-order valence-electron chi connectivity index (χ2n) is 5.98. The number of nitrogens with one attached hydrogen (secondary N) is 1. The fourth-order valence-corrected chi connectivity index (χ4v) is 2.72. The van der Waals surface area contributed by atoms with E-state index in [2.05, 4.69) is 5.32 Å². The second-order valence-corrected chi connectivity index (χ2v) is 5.98. The maximum atomic E-state index is 12.5. The Morgan fingerprint density at radius 2 is 1.70 bits per heavy atom. The highest BCUT2D eigenvalue weighted by Gasteiger charge is 2.14. The fourth-order valence-electron chi connectivity index (χ4n) is 2.72. The normalized spacial score (nSPS) is 10.2. The first-order chi connectivity index (χ1) is 12.8. The van der Waals surface area contributed by atoms with Crippen molar-refractivity contribution in [3.8, 4) is 17.2 Å². The Kier molecular flexibility index (Phi) is 6.65. The van der Waals surface area contributed by atoms with Crippen molar-refractivity contribution in [3.05, 3.63) is 52.6 Å². The zero-order valence-corrected chi connectivity index (χ0v) is 15.8. The summed E-state index contributed by atoms with van der Waals surface area (Å²) in [7, 11) is 3.13. The van der Waals surface area contributed by atoms with Crippen LogP contribution in [0, 0.1) is 13.8 Å². The predicted molar refractivity (Wildman–Crippen MR) is 99.8 cm³/mol. The summed E-state index contributed by atoms with van der Waals surface area (Å²) in [5.74, 6) is 0.475. The van der Waals surface area contributed by atoms with Crippen LogP contribution in [0.3, 0.4) is 0 Å². The fraction of sp³-hybridized carbons (Fsp3) is 0.300. The van der Waals surface area contributed by atoms with Crippen molar-refractivity contribution in [1.29, 1.82) is 0 Å². The van der Waals surface area contributed by atoms with Crippen LogP contribution in [0.15, 0.2) is 30.3 Å². The third kappa shape index (κ3) is 5.13. The molecule has 0 saturated heterocycles. The second kappa shape index (κ2) is 8.93. The lowest BCUT2D eigenvalue weighted by atomic mass is 10.0. The molecule has 0 fully saturated rings. The van der Waals surface area contributed by atoms with E-state index in [4.69, 9.17) is 19.3 Å². The molecule has 0 atom stereocenters. The van der Waals surface area contributed by atoms with Crippen molar-refractivity contribution in [1.82, 2.24) is 5.32 Å². The largest absolute Gasteiger partial charge is 0.497 e. The number of rotatable bonds is 8. The molecule has 144 valence electrons. The van der Waals surface area contributed by atoms with Crippen LogP contribution in [0.4, 0.5) is 0 Å². The molecule has 0 aliphatic carbocycles. The number of carbonyl (C=O) groups excluding carboxylic acids is 1. The first-order valence-corrected chi connectivity index (χ1v) is 8.30. The molecule has 0 aliphatic heterocycles. The van der Waals surface area contributed by atoms with Crippen LogP contribution >= 0.6 is 0 Å². The van der Waals surface area contributed by atoms with E-state index < -0.39 is 12.6 Å². The highest BCUT2D eigenvalue weighted by Crippen LogP contribution is 2.26. The molecule has 2 N–H and O–H groups in total. The monoisotopic (exact) mass is 373 g/mol. The summed E-state index contributed by atoms with van der Waals surface area (Å²) in [6.45, 7) is 3.41. The van der Waals surface area contributed by atoms with E-state index in [1.807, 2.05) is 6.07 Å². The van der Waals surface area contributed by atoms with Crippen LogP contribution < -0.4 is 19.5 Å². The van der Waals surface area contributed by atoms with Gasteiger partial charge in [0.05, 0.1) is 14.2 Å². The number of carbonyl (C=O) groups is 2. The molecule has 7 nitrogen and oxygen atoms in total. The van der Waals surface area contributed by atoms with E-state index >= 15 is 0 Å². The third-order valence-electron chi connectivity index (χ3n) is 4.00. The molecule has 0 bridgehead atoms. The van der Waals surface area contributed by atoms with E-state index in [1.54, 1.807) is 52.3 Å². The van der Waals surface area contributed by atoms with Gasteiger partial charge in [-0.05, 0) is 49.2 Å². The quantitative estimate of drug-likeness (QED) is 0.739. The zero-order valence-electron chi connectivity index (χ0n) is 15.8. The van der Waals surface area contributed by atoms with Crippen molar-refractivity contribution < 1.29 is 28.9 Å². The van der Waals surface area contributed by atoms with Gasteiger partial charge < -0.3 is 24.6 Å². The van der Waals surface area contributed by atoms with Crippen LogP contribution in [0.25, 0.3) is 0 Å². The highest BCUT2D eigenvalue weighted by molar-refractivity contribution is 5.95. The van der Waals surface area contributed by atoms with Crippen LogP contribution in [-0.4, -0.2) is 37.8 Å². The Bertz CT molecular complexity index is 823. The van der Waals surface area contributed by atoms with Gasteiger partial charge in [-0.25, -0.2) is 4.79 Å². The lowest BCUT2D eigenvalue weighted by Crippen LogP contribution is -2.23. The molecule has 2 aromatic carbocycles. The Hall–Kier alpha value is -3.22. The van der Waals surface area contributed by atoms with Gasteiger partial charge in [0.1, 0.15) is 17.2 Å². The maximum absolute atomic E-state index is 12.5. The van der Waals surface area contributed by atoms with Gasteiger partial charge in [0, 0.05) is 23.7 Å². The molecule has 0 heterocycles. The molecule has 1 amide bonds. The van der Waals surface area contributed by atoms with Gasteiger partial charge in [-0.2, -0.15) is 0 Å². The Morgan fingerprint density at radius 3 is 2.26 bits per heavy atom. The molecule has 2 aromatic rings. The van der Waals surface area contributed by atoms with E-state index in [9.17, 15) is 9.59 Å². The third-order valence-corrected chi connectivity index (χ3v) is 4.00. The van der Waals surface area contributed by atoms with Crippen molar-refractivity contribution in [2.24, 2.45) is 0 Å². The minimum Gasteiger partial charge on any atom is -0.497 e. The minimum absolute atomic E-state index is 0.246. The molecule has 0 radical (unpaired) electrons. The molecule has 7 heteroatoms. The topological polar surface area (TPSA) is 94.1 Å². The lowest BCUT2D eigenvalue weighted by Gasteiger charge is -2.14. The van der Waals surface area contributed by atoms with Gasteiger partial charge in [-0.1, -0.05) is 0 Å². The smallest absolute Gasteiger partial charge is 0.341 e. The number of carboxylic acid groups (broad SMARTS) is 1. The van der Waals surface area contributed by atoms with E-state index in [-0.39, 0.29) is 5.91 Å². The maximum Gasteiger partial charge on any atom is 0.341 e. The van der Waals surface area contributed by atoms with Gasteiger partial charge in [-0.3, -0.25) is 4.79 Å². The number of aliphatic carboxylic acids is 1. The SMILES string of the molecule is COc1ccc(CNC(=O)c2cc(C)c(OCC(=O)O)c(C)c2)c(OC)c1. The molecular formula is C20H23NO6. The van der Waals surface area contributed by atoms with Gasteiger partial charge in [0.25, 0.3) is 5.91 Å². The van der Waals surface area contributed by atoms with E-state index in [1.165, 1.54) is 0 Å². The summed E-state index contributed by atoms with van der Waals surface area (Å²) in [5, 5.41) is 11.6. The average Bonchev–Trinajstić information content (AvgIpc) is 2.64. The number of hydrogen-bond donors (Lipinski definition) is 2. The summed E-state index contributed by atoms with van der Waals surface area (Å²) >= 11 is 0. The molecule has 0 spiro atoms. The predicted octanol–water partition coefficient (Wildman–Crippen LogP) is 2.71. The first-order valence-electron chi connectivity index (χ1n) is 8.30. The molecule has 0 aromatic heterocycles. The summed E-state index contributed by atoms with van der Waals surface area (Å²) in [6, 6.07) is 8.73. The van der Waals surface area contributed by atoms with Crippen LogP contribution in [-0.2, 0) is 11.3 Å².